The molecule has 2 rings (SSSR count). The minimum Gasteiger partial charge on any atom is -0.299 e. The van der Waals surface area contributed by atoms with Crippen molar-refractivity contribution in [3.63, 3.8) is 0 Å². The Balaban J connectivity index is 2.57. The monoisotopic (exact) mass is 265 g/mol. The van der Waals surface area contributed by atoms with Gasteiger partial charge in [0.1, 0.15) is 5.78 Å². The zero-order valence-electron chi connectivity index (χ0n) is 11.4. The summed E-state index contributed by atoms with van der Waals surface area (Å²) in [6.45, 7) is 3.55. The molecule has 2 aromatic carbocycles. The van der Waals surface area contributed by atoms with E-state index in [1.54, 1.807) is 19.1 Å². The Morgan fingerprint density at radius 2 is 1.80 bits per heavy atom. The molecule has 1 unspecified atom stereocenters. The highest BCUT2D eigenvalue weighted by Crippen LogP contribution is 2.33. The molecule has 0 saturated heterocycles. The molecule has 0 fully saturated rings. The Labute approximate surface area is 117 Å². The molecule has 0 aliphatic heterocycles. The lowest BCUT2D eigenvalue weighted by Gasteiger charge is -2.17. The summed E-state index contributed by atoms with van der Waals surface area (Å²) in [6.07, 6.45) is 0. The van der Waals surface area contributed by atoms with E-state index >= 15 is 0 Å². The maximum absolute atomic E-state index is 12.1. The van der Waals surface area contributed by atoms with E-state index in [9.17, 15) is 4.79 Å². The zero-order valence-corrected chi connectivity index (χ0v) is 11.4. The number of benzene rings is 2. The summed E-state index contributed by atoms with van der Waals surface area (Å²) in [4.78, 5) is 14.9. The number of azide groups is 1. The van der Waals surface area contributed by atoms with E-state index in [0.717, 1.165) is 16.7 Å². The predicted octanol–water partition coefficient (Wildman–Crippen LogP) is 4.66. The number of nitrogens with zero attached hydrogens (tertiary/aromatic N) is 3. The highest BCUT2D eigenvalue weighted by molar-refractivity contribution is 5.88. The van der Waals surface area contributed by atoms with Crippen molar-refractivity contribution in [3.05, 3.63) is 75.7 Å². The molecule has 1 atom stereocenters. The van der Waals surface area contributed by atoms with Gasteiger partial charge in [-0.1, -0.05) is 59.2 Å². The largest absolute Gasteiger partial charge is 0.299 e. The third kappa shape index (κ3) is 2.87. The minimum absolute atomic E-state index is 0.0226. The second kappa shape index (κ2) is 6.04. The van der Waals surface area contributed by atoms with E-state index in [4.69, 9.17) is 5.53 Å². The quantitative estimate of drug-likeness (QED) is 0.450. The standard InChI is InChI=1S/C16H15N3O/c1-11-7-9-13(10-8-11)16(12(2)20)14-5-3-4-6-15(14)18-19-17/h3-10,16H,1-2H3. The van der Waals surface area contributed by atoms with Crippen LogP contribution in [0.25, 0.3) is 10.4 Å². The molecule has 0 bridgehead atoms. The highest BCUT2D eigenvalue weighted by Gasteiger charge is 2.21. The molecule has 4 nitrogen and oxygen atoms in total. The number of aryl methyl sites for hydroxylation is 1. The average Bonchev–Trinajstić information content (AvgIpc) is 2.43. The Morgan fingerprint density at radius 3 is 2.40 bits per heavy atom. The van der Waals surface area contributed by atoms with E-state index in [-0.39, 0.29) is 5.78 Å². The van der Waals surface area contributed by atoms with Crippen molar-refractivity contribution in [2.45, 2.75) is 19.8 Å². The first kappa shape index (κ1) is 13.8. The lowest BCUT2D eigenvalue weighted by atomic mass is 9.87. The van der Waals surface area contributed by atoms with Crippen LogP contribution in [0.2, 0.25) is 0 Å². The smallest absolute Gasteiger partial charge is 0.141 e. The number of Topliss-reactive ketones (excluding diaryl/α,β-unsaturated/α-hetero) is 1. The zero-order chi connectivity index (χ0) is 14.5. The first-order valence-corrected chi connectivity index (χ1v) is 6.34. The molecule has 0 aliphatic rings. The van der Waals surface area contributed by atoms with E-state index in [0.29, 0.717) is 5.69 Å². The number of hydrogen-bond donors (Lipinski definition) is 0. The fourth-order valence-corrected chi connectivity index (χ4v) is 2.26. The fraction of sp³-hybridized carbons (Fsp3) is 0.188. The SMILES string of the molecule is CC(=O)C(c1ccc(C)cc1)c1ccccc1N=[N+]=[N-]. The van der Waals surface area contributed by atoms with Crippen LogP contribution in [0.4, 0.5) is 5.69 Å². The molecule has 0 aliphatic carbocycles. The van der Waals surface area contributed by atoms with Gasteiger partial charge in [-0.3, -0.25) is 4.79 Å². The van der Waals surface area contributed by atoms with Gasteiger partial charge in [0.15, 0.2) is 0 Å². The van der Waals surface area contributed by atoms with Crippen molar-refractivity contribution in [2.24, 2.45) is 5.11 Å². The van der Waals surface area contributed by atoms with Crippen LogP contribution in [0.3, 0.4) is 0 Å². The molecule has 0 aromatic heterocycles. The van der Waals surface area contributed by atoms with Crippen molar-refractivity contribution >= 4 is 11.5 Å². The van der Waals surface area contributed by atoms with Gasteiger partial charge in [-0.25, -0.2) is 0 Å². The van der Waals surface area contributed by atoms with Crippen molar-refractivity contribution in [1.29, 1.82) is 0 Å². The second-order valence-electron chi connectivity index (χ2n) is 4.70. The van der Waals surface area contributed by atoms with Crippen LogP contribution in [0.15, 0.2) is 53.6 Å². The van der Waals surface area contributed by atoms with Crippen LogP contribution in [-0.2, 0) is 4.79 Å². The van der Waals surface area contributed by atoms with Crippen LogP contribution in [0, 0.1) is 6.92 Å². The summed E-state index contributed by atoms with van der Waals surface area (Å²) >= 11 is 0. The van der Waals surface area contributed by atoms with E-state index in [1.807, 2.05) is 43.3 Å². The molecule has 4 heteroatoms. The maximum Gasteiger partial charge on any atom is 0.141 e. The highest BCUT2D eigenvalue weighted by atomic mass is 16.1. The van der Waals surface area contributed by atoms with Gasteiger partial charge < -0.3 is 0 Å². The normalized spacial score (nSPS) is 11.5. The first-order chi connectivity index (χ1) is 9.63. The number of carbonyl (C=O) groups is 1. The van der Waals surface area contributed by atoms with Gasteiger partial charge in [-0.05, 0) is 30.5 Å². The van der Waals surface area contributed by atoms with Crippen LogP contribution < -0.4 is 0 Å². The number of hydrogen-bond acceptors (Lipinski definition) is 2. The van der Waals surface area contributed by atoms with Gasteiger partial charge in [0.05, 0.1) is 5.92 Å². The van der Waals surface area contributed by atoms with Gasteiger partial charge in [-0.2, -0.15) is 0 Å². The molecule has 100 valence electrons. The molecule has 2 aromatic rings. The van der Waals surface area contributed by atoms with Crippen molar-refractivity contribution in [1.82, 2.24) is 0 Å². The lowest BCUT2D eigenvalue weighted by molar-refractivity contribution is -0.117. The van der Waals surface area contributed by atoms with Crippen LogP contribution >= 0.6 is 0 Å². The molecular formula is C16H15N3O. The van der Waals surface area contributed by atoms with Crippen LogP contribution in [-0.4, -0.2) is 5.78 Å². The fourth-order valence-electron chi connectivity index (χ4n) is 2.26. The maximum atomic E-state index is 12.1. The van der Waals surface area contributed by atoms with E-state index in [2.05, 4.69) is 10.0 Å². The van der Waals surface area contributed by atoms with Crippen molar-refractivity contribution < 1.29 is 4.79 Å². The number of rotatable bonds is 4. The molecule has 0 amide bonds. The van der Waals surface area contributed by atoms with Crippen molar-refractivity contribution in [2.75, 3.05) is 0 Å². The summed E-state index contributed by atoms with van der Waals surface area (Å²) in [5.74, 6) is -0.383. The van der Waals surface area contributed by atoms with Gasteiger partial charge in [0, 0.05) is 10.6 Å². The molecule has 20 heavy (non-hydrogen) atoms. The molecule has 0 radical (unpaired) electrons. The molecule has 0 spiro atoms. The van der Waals surface area contributed by atoms with E-state index in [1.165, 1.54) is 0 Å². The Bertz CT molecular complexity index is 670. The summed E-state index contributed by atoms with van der Waals surface area (Å²) in [7, 11) is 0. The third-order valence-electron chi connectivity index (χ3n) is 3.22. The second-order valence-corrected chi connectivity index (χ2v) is 4.70. The van der Waals surface area contributed by atoms with Crippen LogP contribution in [0.1, 0.15) is 29.5 Å². The Kier molecular flexibility index (Phi) is 4.18. The van der Waals surface area contributed by atoms with Crippen LogP contribution in [0.5, 0.6) is 0 Å². The summed E-state index contributed by atoms with van der Waals surface area (Å²) in [6, 6.07) is 15.0. The summed E-state index contributed by atoms with van der Waals surface area (Å²) in [5.41, 5.74) is 11.9. The number of carbonyl (C=O) groups excluding carboxylic acids is 1. The van der Waals surface area contributed by atoms with Gasteiger partial charge in [0.25, 0.3) is 0 Å². The predicted molar refractivity (Wildman–Crippen MR) is 79.0 cm³/mol. The molecule has 0 N–H and O–H groups in total. The van der Waals surface area contributed by atoms with Gasteiger partial charge in [0.2, 0.25) is 0 Å². The van der Waals surface area contributed by atoms with Gasteiger partial charge >= 0.3 is 0 Å². The molecular weight excluding hydrogens is 250 g/mol. The first-order valence-electron chi connectivity index (χ1n) is 6.34. The topological polar surface area (TPSA) is 65.8 Å². The minimum atomic E-state index is -0.405. The molecule has 0 saturated carbocycles. The summed E-state index contributed by atoms with van der Waals surface area (Å²) in [5, 5.41) is 3.68. The number of ketones is 1. The van der Waals surface area contributed by atoms with Crippen molar-refractivity contribution in [3.8, 4) is 0 Å². The average molecular weight is 265 g/mol. The Morgan fingerprint density at radius 1 is 1.15 bits per heavy atom. The Hall–Kier alpha value is -2.58. The van der Waals surface area contributed by atoms with Gasteiger partial charge in [-0.15, -0.1) is 0 Å². The summed E-state index contributed by atoms with van der Waals surface area (Å²) < 4.78 is 0. The third-order valence-corrected chi connectivity index (χ3v) is 3.22. The molecule has 0 heterocycles. The lowest BCUT2D eigenvalue weighted by Crippen LogP contribution is -2.10. The van der Waals surface area contributed by atoms with E-state index < -0.39 is 5.92 Å².